The molecule has 0 aromatic carbocycles. The molecule has 0 radical (unpaired) electrons. The van der Waals surface area contributed by atoms with Gasteiger partial charge >= 0.3 is 0 Å². The quantitative estimate of drug-likeness (QED) is 0.595. The van der Waals surface area contributed by atoms with E-state index in [0.29, 0.717) is 6.29 Å². The van der Waals surface area contributed by atoms with Gasteiger partial charge in [-0.25, -0.2) is 17.6 Å². The lowest BCUT2D eigenvalue weighted by Gasteiger charge is -2.33. The van der Waals surface area contributed by atoms with Crippen molar-refractivity contribution in [1.29, 1.82) is 0 Å². The summed E-state index contributed by atoms with van der Waals surface area (Å²) in [5, 5.41) is 8.28. The fraction of sp³-hybridized carbons (Fsp3) is 0.900. The second kappa shape index (κ2) is 4.69. The molecule has 6 heteroatoms. The summed E-state index contributed by atoms with van der Waals surface area (Å²) in [6.07, 6.45) is -0.128. The van der Waals surface area contributed by atoms with Gasteiger partial charge in [-0.3, -0.25) is 0 Å². The van der Waals surface area contributed by atoms with Gasteiger partial charge in [-0.2, -0.15) is 0 Å². The Kier molecular flexibility index (Phi) is 3.93. The van der Waals surface area contributed by atoms with Gasteiger partial charge in [-0.1, -0.05) is 0 Å². The minimum atomic E-state index is -2.54. The number of hydrogen-bond acceptors (Lipinski definition) is 2. The molecule has 0 unspecified atom stereocenters. The van der Waals surface area contributed by atoms with Crippen molar-refractivity contribution >= 4 is 6.29 Å². The van der Waals surface area contributed by atoms with E-state index >= 15 is 0 Å². The van der Waals surface area contributed by atoms with E-state index in [1.54, 1.807) is 0 Å². The topological polar surface area (TPSA) is 37.3 Å². The van der Waals surface area contributed by atoms with Crippen LogP contribution in [0, 0.1) is 11.8 Å². The van der Waals surface area contributed by atoms with E-state index in [1.807, 2.05) is 0 Å². The van der Waals surface area contributed by atoms with Crippen LogP contribution in [0.15, 0.2) is 0 Å². The van der Waals surface area contributed by atoms with Crippen LogP contribution in [0.2, 0.25) is 0 Å². The molecule has 94 valence electrons. The summed E-state index contributed by atoms with van der Waals surface area (Å²) in [5.74, 6) is -5.51. The Morgan fingerprint density at radius 1 is 1.06 bits per heavy atom. The van der Waals surface area contributed by atoms with Crippen molar-refractivity contribution < 1.29 is 27.5 Å². The van der Waals surface area contributed by atoms with Crippen LogP contribution < -0.4 is 0 Å². The zero-order valence-electron chi connectivity index (χ0n) is 8.63. The lowest BCUT2D eigenvalue weighted by atomic mass is 9.82. The Morgan fingerprint density at radius 3 is 1.62 bits per heavy atom. The molecule has 0 spiro atoms. The highest BCUT2D eigenvalue weighted by molar-refractivity contribution is 5.55. The summed E-state index contributed by atoms with van der Waals surface area (Å²) in [4.78, 5) is 9.74. The van der Waals surface area contributed by atoms with Crippen LogP contribution >= 0.6 is 0 Å². The van der Waals surface area contributed by atoms with Crippen LogP contribution in [0.5, 0.6) is 0 Å². The molecule has 16 heavy (non-hydrogen) atoms. The molecular formula is C10H14F4O2. The number of aliphatic hydroxyl groups is 1. The largest absolute Gasteiger partial charge is 0.396 e. The Balaban J connectivity index is 0.000000160. The van der Waals surface area contributed by atoms with E-state index in [4.69, 9.17) is 5.11 Å². The molecule has 2 saturated carbocycles. The fourth-order valence-electron chi connectivity index (χ4n) is 1.72. The van der Waals surface area contributed by atoms with Gasteiger partial charge in [0.05, 0.1) is 0 Å². The fourth-order valence-corrected chi connectivity index (χ4v) is 1.72. The monoisotopic (exact) mass is 242 g/mol. The van der Waals surface area contributed by atoms with Crippen molar-refractivity contribution in [2.75, 3.05) is 6.61 Å². The van der Waals surface area contributed by atoms with Gasteiger partial charge in [-0.05, 0) is 5.92 Å². The Morgan fingerprint density at radius 2 is 1.50 bits per heavy atom. The smallest absolute Gasteiger partial charge is 0.249 e. The molecule has 2 fully saturated rings. The number of carbonyl (C=O) groups is 1. The number of alkyl halides is 4. The second-order valence-electron chi connectivity index (χ2n) is 4.47. The summed E-state index contributed by atoms with van der Waals surface area (Å²) >= 11 is 0. The summed E-state index contributed by atoms with van der Waals surface area (Å²) in [6.45, 7) is -0.0877. The third-order valence-electron chi connectivity index (χ3n) is 2.75. The van der Waals surface area contributed by atoms with Crippen LogP contribution in [-0.4, -0.2) is 29.8 Å². The van der Waals surface area contributed by atoms with Crippen LogP contribution in [-0.2, 0) is 4.79 Å². The van der Waals surface area contributed by atoms with Gasteiger partial charge in [0.2, 0.25) is 11.8 Å². The van der Waals surface area contributed by atoms with Crippen molar-refractivity contribution in [1.82, 2.24) is 0 Å². The van der Waals surface area contributed by atoms with Gasteiger partial charge < -0.3 is 9.90 Å². The maximum Gasteiger partial charge on any atom is 0.249 e. The van der Waals surface area contributed by atoms with E-state index in [0.717, 1.165) is 0 Å². The molecule has 0 aliphatic heterocycles. The SMILES string of the molecule is O=CC1CC(F)(F)C1.OCC1CC(F)(F)C1. The molecular weight excluding hydrogens is 228 g/mol. The van der Waals surface area contributed by atoms with Crippen molar-refractivity contribution in [2.45, 2.75) is 37.5 Å². The van der Waals surface area contributed by atoms with E-state index in [1.165, 1.54) is 0 Å². The van der Waals surface area contributed by atoms with E-state index < -0.39 is 11.8 Å². The average molecular weight is 242 g/mol. The van der Waals surface area contributed by atoms with E-state index in [-0.39, 0.29) is 44.1 Å². The lowest BCUT2D eigenvalue weighted by molar-refractivity contribution is -0.137. The predicted octanol–water partition coefficient (Wildman–Crippen LogP) is 2.25. The van der Waals surface area contributed by atoms with Crippen LogP contribution in [0.3, 0.4) is 0 Å². The normalized spacial score (nSPS) is 27.1. The Bertz CT molecular complexity index is 239. The number of halogens is 4. The van der Waals surface area contributed by atoms with Crippen molar-refractivity contribution in [2.24, 2.45) is 11.8 Å². The zero-order valence-corrected chi connectivity index (χ0v) is 8.63. The molecule has 0 saturated heterocycles. The number of aliphatic hydroxyl groups excluding tert-OH is 1. The Labute approximate surface area is 90.6 Å². The van der Waals surface area contributed by atoms with Gasteiger partial charge in [0.25, 0.3) is 0 Å². The molecule has 0 aromatic rings. The molecule has 2 nitrogen and oxygen atoms in total. The number of hydrogen-bond donors (Lipinski definition) is 1. The number of rotatable bonds is 2. The Hall–Kier alpha value is -0.650. The van der Waals surface area contributed by atoms with Crippen LogP contribution in [0.25, 0.3) is 0 Å². The van der Waals surface area contributed by atoms with Crippen molar-refractivity contribution in [3.8, 4) is 0 Å². The minimum Gasteiger partial charge on any atom is -0.396 e. The first-order valence-corrected chi connectivity index (χ1v) is 5.10. The number of carbonyl (C=O) groups excluding carboxylic acids is 1. The summed E-state index contributed by atoms with van der Waals surface area (Å²) < 4.78 is 47.4. The van der Waals surface area contributed by atoms with E-state index in [9.17, 15) is 22.4 Å². The first-order chi connectivity index (χ1) is 7.28. The summed E-state index contributed by atoms with van der Waals surface area (Å²) in [7, 11) is 0. The molecule has 0 bridgehead atoms. The van der Waals surface area contributed by atoms with Crippen LogP contribution in [0.4, 0.5) is 17.6 Å². The molecule has 1 N–H and O–H groups in total. The maximum absolute atomic E-state index is 11.9. The highest BCUT2D eigenvalue weighted by atomic mass is 19.3. The van der Waals surface area contributed by atoms with E-state index in [2.05, 4.69) is 0 Å². The van der Waals surface area contributed by atoms with Gasteiger partial charge in [-0.15, -0.1) is 0 Å². The number of aldehydes is 1. The molecule has 0 heterocycles. The summed E-state index contributed by atoms with van der Waals surface area (Å²) in [5.41, 5.74) is 0. The molecule has 2 aliphatic rings. The molecule has 2 rings (SSSR count). The maximum atomic E-state index is 11.9. The van der Waals surface area contributed by atoms with Crippen LogP contribution in [0.1, 0.15) is 25.7 Å². The predicted molar refractivity (Wildman–Crippen MR) is 48.5 cm³/mol. The zero-order chi connectivity index (χ0) is 12.4. The van der Waals surface area contributed by atoms with Gasteiger partial charge in [0.15, 0.2) is 0 Å². The van der Waals surface area contributed by atoms with Gasteiger partial charge in [0.1, 0.15) is 6.29 Å². The molecule has 2 aliphatic carbocycles. The molecule has 0 aromatic heterocycles. The lowest BCUT2D eigenvalue weighted by Crippen LogP contribution is -2.37. The second-order valence-corrected chi connectivity index (χ2v) is 4.47. The van der Waals surface area contributed by atoms with Crippen molar-refractivity contribution in [3.63, 3.8) is 0 Å². The third-order valence-corrected chi connectivity index (χ3v) is 2.75. The van der Waals surface area contributed by atoms with Gasteiger partial charge in [0, 0.05) is 38.2 Å². The highest BCUT2D eigenvalue weighted by Crippen LogP contribution is 2.42. The molecule has 0 amide bonds. The summed E-state index contributed by atoms with van der Waals surface area (Å²) in [6, 6.07) is 0. The first-order valence-electron chi connectivity index (χ1n) is 5.10. The first kappa shape index (κ1) is 13.4. The third kappa shape index (κ3) is 3.73. The minimum absolute atomic E-state index is 0.0877. The van der Waals surface area contributed by atoms with Crippen molar-refractivity contribution in [3.05, 3.63) is 0 Å². The standard InChI is InChI=1S/C5H8F2O.C5H6F2O/c2*6-5(7)1-4(2-5)3-8/h4,8H,1-3H2;3-4H,1-2H2. The molecule has 0 atom stereocenters. The average Bonchev–Trinajstić information content (AvgIpc) is 2.10. The highest BCUT2D eigenvalue weighted by Gasteiger charge is 2.45.